The van der Waals surface area contributed by atoms with Crippen molar-refractivity contribution in [3.63, 3.8) is 0 Å². The standard InChI is InChI=1S/C14H10BrFN2O2S/c1-18(13-5-3-2-4-10(13)9-17)21(19,20)14-7-6-11(16)8-12(14)15/h2-8H,1H3. The van der Waals surface area contributed by atoms with Crippen molar-refractivity contribution in [1.29, 1.82) is 5.26 Å². The largest absolute Gasteiger partial charge is 0.268 e. The molecule has 4 nitrogen and oxygen atoms in total. The molecule has 2 rings (SSSR count). The van der Waals surface area contributed by atoms with Crippen LogP contribution in [0.15, 0.2) is 51.8 Å². The molecule has 0 saturated carbocycles. The lowest BCUT2D eigenvalue weighted by atomic mass is 10.2. The van der Waals surface area contributed by atoms with Gasteiger partial charge in [-0.25, -0.2) is 12.8 Å². The highest BCUT2D eigenvalue weighted by molar-refractivity contribution is 9.10. The van der Waals surface area contributed by atoms with E-state index in [-0.39, 0.29) is 20.6 Å². The summed E-state index contributed by atoms with van der Waals surface area (Å²) in [5.41, 5.74) is 0.498. The number of benzene rings is 2. The predicted octanol–water partition coefficient (Wildman–Crippen LogP) is 3.28. The Kier molecular flexibility index (Phi) is 4.30. The lowest BCUT2D eigenvalue weighted by Gasteiger charge is -2.21. The minimum atomic E-state index is -3.90. The topological polar surface area (TPSA) is 61.2 Å². The van der Waals surface area contributed by atoms with Crippen molar-refractivity contribution < 1.29 is 12.8 Å². The quantitative estimate of drug-likeness (QED) is 0.834. The molecule has 0 aliphatic heterocycles. The number of nitriles is 1. The number of rotatable bonds is 3. The van der Waals surface area contributed by atoms with E-state index in [1.807, 2.05) is 6.07 Å². The van der Waals surface area contributed by atoms with Gasteiger partial charge < -0.3 is 0 Å². The third-order valence-electron chi connectivity index (χ3n) is 2.90. The molecule has 0 N–H and O–H groups in total. The summed E-state index contributed by atoms with van der Waals surface area (Å²) in [5.74, 6) is -0.541. The van der Waals surface area contributed by atoms with Gasteiger partial charge in [0, 0.05) is 11.5 Å². The number of hydrogen-bond acceptors (Lipinski definition) is 3. The maximum Gasteiger partial charge on any atom is 0.265 e. The fourth-order valence-electron chi connectivity index (χ4n) is 1.80. The highest BCUT2D eigenvalue weighted by Crippen LogP contribution is 2.29. The molecule has 0 bridgehead atoms. The van der Waals surface area contributed by atoms with Crippen LogP contribution in [-0.4, -0.2) is 15.5 Å². The molecule has 0 spiro atoms. The molecule has 108 valence electrons. The molecule has 2 aromatic rings. The van der Waals surface area contributed by atoms with Crippen LogP contribution in [0.4, 0.5) is 10.1 Å². The molecule has 0 radical (unpaired) electrons. The summed E-state index contributed by atoms with van der Waals surface area (Å²) in [4.78, 5) is -0.0702. The van der Waals surface area contributed by atoms with Crippen LogP contribution >= 0.6 is 15.9 Å². The summed E-state index contributed by atoms with van der Waals surface area (Å²) in [6.45, 7) is 0. The smallest absolute Gasteiger partial charge is 0.265 e. The van der Waals surface area contributed by atoms with Crippen molar-refractivity contribution in [2.24, 2.45) is 0 Å². The number of sulfonamides is 1. The predicted molar refractivity (Wildman–Crippen MR) is 80.8 cm³/mol. The zero-order valence-corrected chi connectivity index (χ0v) is 13.3. The zero-order valence-electron chi connectivity index (χ0n) is 10.9. The van der Waals surface area contributed by atoms with E-state index in [1.54, 1.807) is 12.1 Å². The Morgan fingerprint density at radius 1 is 1.24 bits per heavy atom. The van der Waals surface area contributed by atoms with Crippen molar-refractivity contribution in [3.05, 3.63) is 58.3 Å². The Labute approximate surface area is 130 Å². The first kappa shape index (κ1) is 15.5. The van der Waals surface area contributed by atoms with Gasteiger partial charge in [-0.1, -0.05) is 12.1 Å². The van der Waals surface area contributed by atoms with E-state index in [9.17, 15) is 12.8 Å². The van der Waals surface area contributed by atoms with Crippen LogP contribution in [0.5, 0.6) is 0 Å². The Morgan fingerprint density at radius 3 is 2.52 bits per heavy atom. The van der Waals surface area contributed by atoms with Gasteiger partial charge in [0.05, 0.1) is 11.3 Å². The number of hydrogen-bond donors (Lipinski definition) is 0. The SMILES string of the molecule is CN(c1ccccc1C#N)S(=O)(=O)c1ccc(F)cc1Br. The molecule has 0 atom stereocenters. The molecule has 0 saturated heterocycles. The van der Waals surface area contributed by atoms with Gasteiger partial charge in [0.25, 0.3) is 10.0 Å². The molecular formula is C14H10BrFN2O2S. The normalized spacial score (nSPS) is 11.0. The third kappa shape index (κ3) is 2.91. The van der Waals surface area contributed by atoms with Crippen LogP contribution in [0.3, 0.4) is 0 Å². The Hall–Kier alpha value is -1.91. The molecule has 0 amide bonds. The maximum atomic E-state index is 13.1. The minimum absolute atomic E-state index is 0.0702. The number of halogens is 2. The van der Waals surface area contributed by atoms with Gasteiger partial charge in [-0.3, -0.25) is 4.31 Å². The van der Waals surface area contributed by atoms with Crippen molar-refractivity contribution in [1.82, 2.24) is 0 Å². The first-order valence-electron chi connectivity index (χ1n) is 5.81. The van der Waals surface area contributed by atoms with E-state index in [0.717, 1.165) is 16.4 Å². The van der Waals surface area contributed by atoms with Crippen LogP contribution in [0.2, 0.25) is 0 Å². The van der Waals surface area contributed by atoms with Gasteiger partial charge in [-0.05, 0) is 46.3 Å². The van der Waals surface area contributed by atoms with Gasteiger partial charge in [0.2, 0.25) is 0 Å². The van der Waals surface area contributed by atoms with E-state index in [0.29, 0.717) is 0 Å². The first-order chi connectivity index (χ1) is 9.87. The minimum Gasteiger partial charge on any atom is -0.268 e. The van der Waals surface area contributed by atoms with Crippen molar-refractivity contribution >= 4 is 31.6 Å². The summed E-state index contributed by atoms with van der Waals surface area (Å²) in [7, 11) is -2.55. The fraction of sp³-hybridized carbons (Fsp3) is 0.0714. The highest BCUT2D eigenvalue weighted by Gasteiger charge is 2.25. The molecular weight excluding hydrogens is 359 g/mol. The van der Waals surface area contributed by atoms with E-state index in [4.69, 9.17) is 5.26 Å². The third-order valence-corrected chi connectivity index (χ3v) is 5.64. The number of para-hydroxylation sites is 1. The first-order valence-corrected chi connectivity index (χ1v) is 8.04. The lowest BCUT2D eigenvalue weighted by Crippen LogP contribution is -2.27. The molecule has 0 aromatic heterocycles. The fourth-order valence-corrected chi connectivity index (χ4v) is 4.03. The van der Waals surface area contributed by atoms with E-state index < -0.39 is 15.8 Å². The second-order valence-corrected chi connectivity index (χ2v) is 6.97. The number of anilines is 1. The Morgan fingerprint density at radius 2 is 1.90 bits per heavy atom. The molecule has 7 heteroatoms. The molecule has 0 fully saturated rings. The molecule has 0 aliphatic rings. The van der Waals surface area contributed by atoms with Gasteiger partial charge >= 0.3 is 0 Å². The van der Waals surface area contributed by atoms with Crippen LogP contribution in [0.1, 0.15) is 5.56 Å². The average Bonchev–Trinajstić information content (AvgIpc) is 2.46. The summed E-state index contributed by atoms with van der Waals surface area (Å²) < 4.78 is 39.4. The summed E-state index contributed by atoms with van der Waals surface area (Å²) in [6.07, 6.45) is 0. The van der Waals surface area contributed by atoms with Gasteiger partial charge in [-0.2, -0.15) is 5.26 Å². The van der Waals surface area contributed by atoms with Crippen molar-refractivity contribution in [3.8, 4) is 6.07 Å². The molecule has 2 aromatic carbocycles. The number of nitrogens with zero attached hydrogens (tertiary/aromatic N) is 2. The van der Waals surface area contributed by atoms with Crippen LogP contribution in [0.25, 0.3) is 0 Å². The van der Waals surface area contributed by atoms with Crippen molar-refractivity contribution in [2.75, 3.05) is 11.4 Å². The molecule has 21 heavy (non-hydrogen) atoms. The Balaban J connectivity index is 2.56. The van der Waals surface area contributed by atoms with Crippen molar-refractivity contribution in [2.45, 2.75) is 4.90 Å². The maximum absolute atomic E-state index is 13.1. The van der Waals surface area contributed by atoms with Gasteiger partial charge in [-0.15, -0.1) is 0 Å². The molecule has 0 unspecified atom stereocenters. The second kappa shape index (κ2) is 5.84. The molecule has 0 aliphatic carbocycles. The lowest BCUT2D eigenvalue weighted by molar-refractivity contribution is 0.592. The van der Waals surface area contributed by atoms with E-state index >= 15 is 0 Å². The van der Waals surface area contributed by atoms with Crippen LogP contribution in [-0.2, 0) is 10.0 Å². The van der Waals surface area contributed by atoms with E-state index in [2.05, 4.69) is 15.9 Å². The van der Waals surface area contributed by atoms with E-state index in [1.165, 1.54) is 25.2 Å². The van der Waals surface area contributed by atoms with Gasteiger partial charge in [0.15, 0.2) is 0 Å². The average molecular weight is 369 g/mol. The Bertz CT molecular complexity index is 831. The second-order valence-electron chi connectivity index (χ2n) is 4.18. The van der Waals surface area contributed by atoms with Gasteiger partial charge in [0.1, 0.15) is 16.8 Å². The summed E-state index contributed by atoms with van der Waals surface area (Å²) >= 11 is 3.05. The monoisotopic (exact) mass is 368 g/mol. The van der Waals surface area contributed by atoms with Crippen LogP contribution < -0.4 is 4.31 Å². The molecule has 0 heterocycles. The van der Waals surface area contributed by atoms with Crippen LogP contribution in [0, 0.1) is 17.1 Å². The zero-order chi connectivity index (χ0) is 15.6. The summed E-state index contributed by atoms with van der Waals surface area (Å²) in [5, 5.41) is 9.06. The summed E-state index contributed by atoms with van der Waals surface area (Å²) in [6, 6.07) is 11.6. The highest BCUT2D eigenvalue weighted by atomic mass is 79.9.